The van der Waals surface area contributed by atoms with E-state index in [-0.39, 0.29) is 29.7 Å². The van der Waals surface area contributed by atoms with Crippen LogP contribution in [-0.4, -0.2) is 91.2 Å². The average Bonchev–Trinajstić information content (AvgIpc) is 3.42. The summed E-state index contributed by atoms with van der Waals surface area (Å²) in [5.41, 5.74) is 6.60. The van der Waals surface area contributed by atoms with Gasteiger partial charge in [-0.15, -0.1) is 5.10 Å². The van der Waals surface area contributed by atoms with Crippen LogP contribution in [0.15, 0.2) is 54.9 Å². The van der Waals surface area contributed by atoms with Gasteiger partial charge < -0.3 is 20.5 Å². The smallest absolute Gasteiger partial charge is 0.381 e. The van der Waals surface area contributed by atoms with E-state index in [2.05, 4.69) is 15.4 Å². The molecule has 0 unspecified atom stereocenters. The van der Waals surface area contributed by atoms with Crippen molar-refractivity contribution in [3.63, 3.8) is 0 Å². The van der Waals surface area contributed by atoms with Gasteiger partial charge in [0.15, 0.2) is 11.9 Å². The number of para-hydroxylation sites is 1. The molecule has 0 aliphatic carbocycles. The van der Waals surface area contributed by atoms with Gasteiger partial charge >= 0.3 is 12.2 Å². The molecule has 3 aromatic rings. The van der Waals surface area contributed by atoms with Crippen molar-refractivity contribution in [2.75, 3.05) is 26.2 Å². The fourth-order valence-electron chi connectivity index (χ4n) is 4.30. The van der Waals surface area contributed by atoms with Gasteiger partial charge in [-0.2, -0.15) is 17.7 Å². The maximum Gasteiger partial charge on any atom is 0.436 e. The Morgan fingerprint density at radius 2 is 1.90 bits per heavy atom. The maximum atomic E-state index is 13.4. The maximum absolute atomic E-state index is 13.4. The minimum atomic E-state index is -4.99. The van der Waals surface area contributed by atoms with Crippen LogP contribution in [0.3, 0.4) is 0 Å². The van der Waals surface area contributed by atoms with E-state index in [1.165, 1.54) is 35.3 Å². The molecule has 224 valence electrons. The topological polar surface area (TPSA) is 139 Å². The quantitative estimate of drug-likeness (QED) is 0.213. The van der Waals surface area contributed by atoms with Crippen molar-refractivity contribution in [3.8, 4) is 5.69 Å². The lowest BCUT2D eigenvalue weighted by Gasteiger charge is -2.38. The van der Waals surface area contributed by atoms with E-state index in [4.69, 9.17) is 22.1 Å². The third-order valence-electron chi connectivity index (χ3n) is 6.44. The van der Waals surface area contributed by atoms with Crippen molar-refractivity contribution in [2.24, 2.45) is 5.73 Å². The minimum absolute atomic E-state index is 0.111. The van der Waals surface area contributed by atoms with Gasteiger partial charge in [-0.3, -0.25) is 10.1 Å². The Morgan fingerprint density at radius 3 is 2.57 bits per heavy atom. The zero-order valence-electron chi connectivity index (χ0n) is 22.8. The summed E-state index contributed by atoms with van der Waals surface area (Å²) in [6.45, 7) is 3.62. The molecule has 1 aliphatic rings. The monoisotopic (exact) mass is 608 g/mol. The molecule has 1 aromatic heterocycles. The van der Waals surface area contributed by atoms with Gasteiger partial charge in [-0.25, -0.2) is 14.5 Å². The summed E-state index contributed by atoms with van der Waals surface area (Å²) in [5, 5.41) is 16.8. The van der Waals surface area contributed by atoms with Gasteiger partial charge in [0.2, 0.25) is 5.84 Å². The summed E-state index contributed by atoms with van der Waals surface area (Å²) in [4.78, 5) is 32.2. The van der Waals surface area contributed by atoms with Gasteiger partial charge in [0.05, 0.1) is 23.5 Å². The van der Waals surface area contributed by atoms with Gasteiger partial charge in [0.25, 0.3) is 5.91 Å². The van der Waals surface area contributed by atoms with Crippen molar-refractivity contribution < 1.29 is 37.2 Å². The third-order valence-corrected chi connectivity index (χ3v) is 6.69. The molecule has 15 heteroatoms. The number of morpholine rings is 1. The summed E-state index contributed by atoms with van der Waals surface area (Å²) in [6.07, 6.45) is -6.48. The van der Waals surface area contributed by atoms with Crippen LogP contribution >= 0.6 is 11.6 Å². The van der Waals surface area contributed by atoms with Crippen LogP contribution in [0, 0.1) is 0 Å². The molecular formula is C27H30ClF3N7O4+. The molecule has 11 nitrogen and oxygen atoms in total. The van der Waals surface area contributed by atoms with E-state index in [0.29, 0.717) is 40.5 Å². The minimum Gasteiger partial charge on any atom is -0.381 e. The van der Waals surface area contributed by atoms with Gasteiger partial charge in [-0.05, 0) is 50.2 Å². The second-order valence-corrected chi connectivity index (χ2v) is 10.6. The predicted octanol–water partition coefficient (Wildman–Crippen LogP) is 2.72. The highest BCUT2D eigenvalue weighted by molar-refractivity contribution is 6.30. The molecule has 1 saturated heterocycles. The van der Waals surface area contributed by atoms with Crippen LogP contribution < -0.4 is 11.1 Å². The van der Waals surface area contributed by atoms with Crippen molar-refractivity contribution in [1.82, 2.24) is 25.0 Å². The molecule has 4 rings (SSSR count). The number of aliphatic hydroxyl groups is 1. The Bertz CT molecular complexity index is 1470. The number of nitrogens with two attached hydrogens (primary N) is 1. The lowest BCUT2D eigenvalue weighted by Crippen LogP contribution is -2.50. The fraction of sp³-hybridized carbons (Fsp3) is 0.370. The molecule has 1 atom stereocenters. The first-order valence-electron chi connectivity index (χ1n) is 12.9. The molecule has 0 bridgehead atoms. The molecule has 0 spiro atoms. The number of ether oxygens (including phenoxy) is 1. The van der Waals surface area contributed by atoms with E-state index in [0.717, 1.165) is 0 Å². The summed E-state index contributed by atoms with van der Waals surface area (Å²) < 4.78 is 47.0. The summed E-state index contributed by atoms with van der Waals surface area (Å²) in [5.74, 6) is -0.427. The average molecular weight is 609 g/mol. The van der Waals surface area contributed by atoms with Gasteiger partial charge in [0, 0.05) is 23.7 Å². The number of rotatable bonds is 7. The van der Waals surface area contributed by atoms with Crippen molar-refractivity contribution in [3.05, 3.63) is 76.8 Å². The number of hydrogen-bond acceptors (Lipinski definition) is 6. The standard InChI is InChI=1S/C27H29ClF3N7O4/c1-26(2)15-36(11-12-42-26)24(40)19-5-3-4-6-20(19)38-16-34-22(35-38)13-33-25(41)37(14-21(39)27(29,30)31)23(32)17-7-9-18(28)10-8-17/h3-10,16,21,32,39H,11-15H2,1-2H3,(H,33,41)/p+1/t21-/m0/s1. The number of carbonyl (C=O) groups excluding carboxylic acids is 2. The number of alkyl halides is 3. The Kier molecular flexibility index (Phi) is 9.18. The van der Waals surface area contributed by atoms with Crippen LogP contribution in [-0.2, 0) is 11.3 Å². The molecule has 2 aromatic carbocycles. The second-order valence-electron chi connectivity index (χ2n) is 10.2. The first-order chi connectivity index (χ1) is 19.7. The molecule has 1 aliphatic heterocycles. The molecule has 42 heavy (non-hydrogen) atoms. The van der Waals surface area contributed by atoms with Crippen LogP contribution in [0.25, 0.3) is 5.69 Å². The van der Waals surface area contributed by atoms with E-state index in [1.54, 1.807) is 29.2 Å². The van der Waals surface area contributed by atoms with Crippen molar-refractivity contribution >= 4 is 29.4 Å². The van der Waals surface area contributed by atoms with Crippen LogP contribution in [0.1, 0.15) is 35.6 Å². The lowest BCUT2D eigenvalue weighted by atomic mass is 10.1. The third kappa shape index (κ3) is 7.43. The first kappa shape index (κ1) is 30.9. The van der Waals surface area contributed by atoms with E-state index in [1.807, 2.05) is 13.8 Å². The van der Waals surface area contributed by atoms with Gasteiger partial charge in [-0.1, -0.05) is 23.7 Å². The molecule has 0 radical (unpaired) electrons. The van der Waals surface area contributed by atoms with Crippen LogP contribution in [0.4, 0.5) is 18.0 Å². The Labute approximate surface area is 244 Å². The summed E-state index contributed by atoms with van der Waals surface area (Å²) in [7, 11) is 0. The highest BCUT2D eigenvalue weighted by Crippen LogP contribution is 2.22. The molecule has 3 amide bonds. The molecular weight excluding hydrogens is 579 g/mol. The van der Waals surface area contributed by atoms with Gasteiger partial charge in [0.1, 0.15) is 19.4 Å². The Hall–Kier alpha value is -4.01. The number of amidine groups is 1. The number of halogens is 4. The van der Waals surface area contributed by atoms with Crippen LogP contribution in [0.5, 0.6) is 0 Å². The Balaban J connectivity index is 1.53. The number of carbonyl (C=O) groups is 2. The zero-order valence-corrected chi connectivity index (χ0v) is 23.6. The predicted molar refractivity (Wildman–Crippen MR) is 146 cm³/mol. The highest BCUT2D eigenvalue weighted by atomic mass is 35.5. The summed E-state index contributed by atoms with van der Waals surface area (Å²) in [6, 6.07) is 11.6. The lowest BCUT2D eigenvalue weighted by molar-refractivity contribution is -0.455. The van der Waals surface area contributed by atoms with E-state index >= 15 is 0 Å². The SMILES string of the molecule is CC1(C)CN(C(=O)c2ccccc2-n2cnc(CNC(=O)/[N+](C[C@H](O)C(F)(F)F)=C(\N)c3ccc(Cl)cc3)n2)CCO1. The van der Waals surface area contributed by atoms with Crippen molar-refractivity contribution in [1.29, 1.82) is 0 Å². The molecule has 2 heterocycles. The number of nitrogens with one attached hydrogen (secondary N) is 1. The number of aliphatic hydroxyl groups excluding tert-OH is 1. The highest BCUT2D eigenvalue weighted by Gasteiger charge is 2.41. The number of nitrogens with zero attached hydrogens (tertiary/aromatic N) is 5. The van der Waals surface area contributed by atoms with E-state index in [9.17, 15) is 27.9 Å². The Morgan fingerprint density at radius 1 is 1.21 bits per heavy atom. The largest absolute Gasteiger partial charge is 0.436 e. The number of hydrogen-bond donors (Lipinski definition) is 3. The molecule has 0 saturated carbocycles. The zero-order chi connectivity index (χ0) is 30.7. The summed E-state index contributed by atoms with van der Waals surface area (Å²) >= 11 is 5.87. The second kappa shape index (κ2) is 12.5. The molecule has 4 N–H and O–H groups in total. The van der Waals surface area contributed by atoms with E-state index < -0.39 is 30.5 Å². The normalized spacial score (nSPS) is 16.5. The first-order valence-corrected chi connectivity index (χ1v) is 13.2. The number of benzene rings is 2. The number of amides is 3. The van der Waals surface area contributed by atoms with Crippen molar-refractivity contribution in [2.45, 2.75) is 38.3 Å². The molecule has 1 fully saturated rings. The number of aromatic nitrogens is 3. The fourth-order valence-corrected chi connectivity index (χ4v) is 4.43. The van der Waals surface area contributed by atoms with Crippen LogP contribution in [0.2, 0.25) is 5.02 Å². The number of urea groups is 1.